The second-order valence-electron chi connectivity index (χ2n) is 4.96. The number of hydrogen-bond acceptors (Lipinski definition) is 1. The van der Waals surface area contributed by atoms with Gasteiger partial charge in [0.2, 0.25) is 0 Å². The summed E-state index contributed by atoms with van der Waals surface area (Å²) in [5.41, 5.74) is 3.82. The van der Waals surface area contributed by atoms with E-state index >= 15 is 0 Å². The molecular formula is C16H13BrClFN2. The fourth-order valence-corrected chi connectivity index (χ4v) is 2.98. The van der Waals surface area contributed by atoms with Gasteiger partial charge in [-0.3, -0.25) is 4.57 Å². The summed E-state index contributed by atoms with van der Waals surface area (Å²) in [5, 5.41) is -0.249. The molecule has 3 aromatic rings. The lowest BCUT2D eigenvalue weighted by atomic mass is 10.2. The molecule has 0 fully saturated rings. The van der Waals surface area contributed by atoms with Crippen molar-refractivity contribution in [2.75, 3.05) is 0 Å². The Morgan fingerprint density at radius 3 is 2.71 bits per heavy atom. The number of hydrogen-bond donors (Lipinski definition) is 0. The lowest BCUT2D eigenvalue weighted by Gasteiger charge is -2.12. The normalized spacial score (nSPS) is 12.8. The largest absolute Gasteiger partial charge is 0.295 e. The zero-order valence-electron chi connectivity index (χ0n) is 11.6. The molecule has 1 unspecified atom stereocenters. The van der Waals surface area contributed by atoms with E-state index in [1.165, 1.54) is 6.07 Å². The molecule has 2 aromatic carbocycles. The summed E-state index contributed by atoms with van der Waals surface area (Å²) in [6, 6.07) is 10.9. The molecule has 108 valence electrons. The van der Waals surface area contributed by atoms with E-state index in [9.17, 15) is 4.39 Å². The number of imidazole rings is 1. The van der Waals surface area contributed by atoms with Gasteiger partial charge >= 0.3 is 0 Å². The number of nitrogens with zero attached hydrogens (tertiary/aromatic N) is 2. The molecule has 0 aliphatic rings. The highest BCUT2D eigenvalue weighted by Gasteiger charge is 2.18. The van der Waals surface area contributed by atoms with Gasteiger partial charge in [0.1, 0.15) is 11.6 Å². The van der Waals surface area contributed by atoms with Gasteiger partial charge in [0.15, 0.2) is 0 Å². The van der Waals surface area contributed by atoms with E-state index in [1.54, 1.807) is 12.1 Å². The standard InChI is InChI=1S/C16H13BrClFN2/c1-9-4-3-5-14-15(9)21(16(20-14)10(2)18)11-6-7-13(19)12(17)8-11/h3-8,10H,1-2H3. The van der Waals surface area contributed by atoms with Gasteiger partial charge in [-0.1, -0.05) is 12.1 Å². The first-order chi connectivity index (χ1) is 9.99. The van der Waals surface area contributed by atoms with E-state index < -0.39 is 0 Å². The third-order valence-electron chi connectivity index (χ3n) is 3.42. The minimum Gasteiger partial charge on any atom is -0.295 e. The molecule has 3 rings (SSSR count). The molecular weight excluding hydrogens is 355 g/mol. The first-order valence-corrected chi connectivity index (χ1v) is 7.79. The van der Waals surface area contributed by atoms with Gasteiger partial charge in [0, 0.05) is 5.69 Å². The number of rotatable bonds is 2. The van der Waals surface area contributed by atoms with Gasteiger partial charge in [0.25, 0.3) is 0 Å². The Balaban J connectivity index is 2.38. The lowest BCUT2D eigenvalue weighted by Crippen LogP contribution is -2.03. The number of para-hydroxylation sites is 1. The molecule has 0 N–H and O–H groups in total. The monoisotopic (exact) mass is 366 g/mol. The van der Waals surface area contributed by atoms with Crippen molar-refractivity contribution < 1.29 is 4.39 Å². The van der Waals surface area contributed by atoms with Crippen LogP contribution in [0.1, 0.15) is 23.7 Å². The number of aryl methyl sites for hydroxylation is 1. The Labute approximate surface area is 135 Å². The van der Waals surface area contributed by atoms with Crippen LogP contribution in [0.4, 0.5) is 4.39 Å². The van der Waals surface area contributed by atoms with Gasteiger partial charge in [-0.05, 0) is 59.6 Å². The Bertz CT molecular complexity index is 827. The highest BCUT2D eigenvalue weighted by Crippen LogP contribution is 2.31. The van der Waals surface area contributed by atoms with E-state index in [2.05, 4.69) is 20.9 Å². The minimum absolute atomic E-state index is 0.249. The summed E-state index contributed by atoms with van der Waals surface area (Å²) in [6.45, 7) is 3.91. The molecule has 1 aromatic heterocycles. The molecule has 0 amide bonds. The smallest absolute Gasteiger partial charge is 0.137 e. The SMILES string of the molecule is Cc1cccc2nc(C(C)Cl)n(-c3ccc(F)c(Br)c3)c12. The second kappa shape index (κ2) is 5.43. The quantitative estimate of drug-likeness (QED) is 0.544. The summed E-state index contributed by atoms with van der Waals surface area (Å²) in [6.07, 6.45) is 0. The second-order valence-corrected chi connectivity index (χ2v) is 6.47. The summed E-state index contributed by atoms with van der Waals surface area (Å²) < 4.78 is 15.9. The summed E-state index contributed by atoms with van der Waals surface area (Å²) in [4.78, 5) is 4.62. The van der Waals surface area contributed by atoms with E-state index in [0.29, 0.717) is 4.47 Å². The first-order valence-electron chi connectivity index (χ1n) is 6.56. The van der Waals surface area contributed by atoms with Gasteiger partial charge in [0.05, 0.1) is 20.9 Å². The molecule has 0 saturated carbocycles. The highest BCUT2D eigenvalue weighted by atomic mass is 79.9. The molecule has 0 aliphatic carbocycles. The summed E-state index contributed by atoms with van der Waals surface area (Å²) in [7, 11) is 0. The van der Waals surface area contributed by atoms with Gasteiger partial charge in [-0.25, -0.2) is 9.37 Å². The Morgan fingerprint density at radius 2 is 2.05 bits per heavy atom. The van der Waals surface area contributed by atoms with Crippen LogP contribution in [-0.2, 0) is 0 Å². The van der Waals surface area contributed by atoms with Crippen molar-refractivity contribution in [3.63, 3.8) is 0 Å². The van der Waals surface area contributed by atoms with Crippen LogP contribution in [0.5, 0.6) is 0 Å². The van der Waals surface area contributed by atoms with Crippen LogP contribution in [0.3, 0.4) is 0 Å². The van der Waals surface area contributed by atoms with E-state index in [-0.39, 0.29) is 11.2 Å². The summed E-state index contributed by atoms with van der Waals surface area (Å²) >= 11 is 9.52. The van der Waals surface area contributed by atoms with Gasteiger partial charge in [-0.15, -0.1) is 11.6 Å². The number of aromatic nitrogens is 2. The first kappa shape index (κ1) is 14.5. The van der Waals surface area contributed by atoms with Gasteiger partial charge < -0.3 is 0 Å². The molecule has 0 bridgehead atoms. The van der Waals surface area contributed by atoms with Crippen molar-refractivity contribution in [2.45, 2.75) is 19.2 Å². The molecule has 0 saturated heterocycles. The Morgan fingerprint density at radius 1 is 1.29 bits per heavy atom. The molecule has 21 heavy (non-hydrogen) atoms. The fourth-order valence-electron chi connectivity index (χ4n) is 2.46. The predicted molar refractivity (Wildman–Crippen MR) is 87.7 cm³/mol. The van der Waals surface area contributed by atoms with Crippen LogP contribution in [0.15, 0.2) is 40.9 Å². The molecule has 0 spiro atoms. The third-order valence-corrected chi connectivity index (χ3v) is 4.22. The number of benzene rings is 2. The Hall–Kier alpha value is -1.39. The molecule has 1 atom stereocenters. The zero-order chi connectivity index (χ0) is 15.1. The molecule has 0 radical (unpaired) electrons. The van der Waals surface area contributed by atoms with E-state index in [4.69, 9.17) is 11.6 Å². The van der Waals surface area contributed by atoms with Crippen molar-refractivity contribution >= 4 is 38.6 Å². The van der Waals surface area contributed by atoms with Crippen LogP contribution in [-0.4, -0.2) is 9.55 Å². The van der Waals surface area contributed by atoms with Crippen LogP contribution < -0.4 is 0 Å². The number of fused-ring (bicyclic) bond motifs is 1. The topological polar surface area (TPSA) is 17.8 Å². The molecule has 2 nitrogen and oxygen atoms in total. The number of halogens is 3. The average molecular weight is 368 g/mol. The molecule has 1 heterocycles. The average Bonchev–Trinajstić information content (AvgIpc) is 2.83. The van der Waals surface area contributed by atoms with Crippen LogP contribution in [0.25, 0.3) is 16.7 Å². The third kappa shape index (κ3) is 2.47. The number of alkyl halides is 1. The highest BCUT2D eigenvalue weighted by molar-refractivity contribution is 9.10. The maximum atomic E-state index is 13.5. The Kier molecular flexibility index (Phi) is 3.76. The van der Waals surface area contributed by atoms with Crippen molar-refractivity contribution in [3.05, 3.63) is 58.1 Å². The summed E-state index contributed by atoms with van der Waals surface area (Å²) in [5.74, 6) is 0.458. The zero-order valence-corrected chi connectivity index (χ0v) is 13.9. The predicted octanol–water partition coefficient (Wildman–Crippen LogP) is 5.54. The van der Waals surface area contributed by atoms with Crippen molar-refractivity contribution in [1.29, 1.82) is 0 Å². The van der Waals surface area contributed by atoms with E-state index in [1.807, 2.05) is 36.6 Å². The maximum Gasteiger partial charge on any atom is 0.137 e. The van der Waals surface area contributed by atoms with E-state index in [0.717, 1.165) is 28.1 Å². The fraction of sp³-hybridized carbons (Fsp3) is 0.188. The van der Waals surface area contributed by atoms with Crippen molar-refractivity contribution in [1.82, 2.24) is 9.55 Å². The van der Waals surface area contributed by atoms with Crippen molar-refractivity contribution in [2.24, 2.45) is 0 Å². The van der Waals surface area contributed by atoms with Crippen LogP contribution in [0.2, 0.25) is 0 Å². The minimum atomic E-state index is -0.291. The maximum absolute atomic E-state index is 13.5. The molecule has 0 aliphatic heterocycles. The lowest BCUT2D eigenvalue weighted by molar-refractivity contribution is 0.620. The molecule has 5 heteroatoms. The van der Waals surface area contributed by atoms with Crippen molar-refractivity contribution in [3.8, 4) is 5.69 Å². The van der Waals surface area contributed by atoms with Crippen LogP contribution >= 0.6 is 27.5 Å². The van der Waals surface area contributed by atoms with Crippen LogP contribution in [0, 0.1) is 12.7 Å². The van der Waals surface area contributed by atoms with Gasteiger partial charge in [-0.2, -0.15) is 0 Å².